The zero-order valence-corrected chi connectivity index (χ0v) is 37.1. The highest BCUT2D eigenvalue weighted by molar-refractivity contribution is 5.95. The Labute approximate surface area is 361 Å². The van der Waals surface area contributed by atoms with Gasteiger partial charge in [0.15, 0.2) is 41.9 Å². The summed E-state index contributed by atoms with van der Waals surface area (Å²) in [5.41, 5.74) is -6.63. The number of aliphatic hydroxyl groups excluding tert-OH is 2. The topological polar surface area (TPSA) is 223 Å². The molecule has 2 amide bonds. The number of rotatable bonds is 13. The second-order valence-corrected chi connectivity index (χ2v) is 18.2. The highest BCUT2D eigenvalue weighted by Crippen LogP contribution is 2.66. The number of benzene rings is 1. The molecule has 12 atom stereocenters. The van der Waals surface area contributed by atoms with Gasteiger partial charge < -0.3 is 53.6 Å². The summed E-state index contributed by atoms with van der Waals surface area (Å²) in [6.45, 7) is 12.7. The summed E-state index contributed by atoms with van der Waals surface area (Å²) in [6.07, 6.45) is -9.54. The van der Waals surface area contributed by atoms with Gasteiger partial charge >= 0.3 is 24.2 Å². The molecule has 2 heterocycles. The normalized spacial score (nSPS) is 33.8. The molecule has 17 heteroatoms. The molecule has 0 radical (unpaired) electrons. The van der Waals surface area contributed by atoms with Crippen LogP contribution in [0.4, 0.5) is 9.59 Å². The van der Waals surface area contributed by atoms with Crippen molar-refractivity contribution in [2.24, 2.45) is 16.7 Å². The Hall–Kier alpha value is -5.00. The molecule has 2 unspecified atom stereocenters. The van der Waals surface area contributed by atoms with Crippen molar-refractivity contribution in [2.45, 2.75) is 147 Å². The number of carbonyl (C=O) groups excluding carboxylic acids is 6. The number of allylic oxidation sites excluding steroid dienone is 1. The standard InChI is InChI=1S/C45H60N2O15/c1-11-12-14-19-30(50)46-27(20-23(2)3)32(51)39(53)58-33-24(4)31-34(59-40(54)47(9)10)36(52)43(8)28(49)21-29-44(22-56-29,61-25(5)48)35(43)38(57-26-17-15-13-16-18-26)45(42(31,6)7)37(33)60-41(55)62-45/h13,15-18,20,27-29,32-35,37-38,49,51H,11-12,14,19,21-22H2,1-10H3,(H,46,50)/t27-,28-,29?,32+,33+,34+,35?,37-,38-,43+,44-,45+/m0/s1. The third-order valence-electron chi connectivity index (χ3n) is 13.4. The second kappa shape index (κ2) is 17.3. The molecule has 4 fully saturated rings. The maximum atomic E-state index is 15.8. The third-order valence-corrected chi connectivity index (χ3v) is 13.4. The number of carbonyl (C=O) groups is 6. The Morgan fingerprint density at radius 1 is 1.03 bits per heavy atom. The van der Waals surface area contributed by atoms with Gasteiger partial charge in [-0.3, -0.25) is 14.4 Å². The highest BCUT2D eigenvalue weighted by atomic mass is 16.8. The van der Waals surface area contributed by atoms with Gasteiger partial charge in [-0.2, -0.15) is 0 Å². The summed E-state index contributed by atoms with van der Waals surface area (Å²) in [4.78, 5) is 85.0. The minimum absolute atomic E-state index is 0.0478. The van der Waals surface area contributed by atoms with Gasteiger partial charge in [-0.15, -0.1) is 0 Å². The molecular formula is C45H60N2O15. The maximum Gasteiger partial charge on any atom is 0.509 e. The largest absolute Gasteiger partial charge is 0.509 e. The van der Waals surface area contributed by atoms with Crippen LogP contribution in [-0.2, 0) is 47.6 Å². The van der Waals surface area contributed by atoms with E-state index in [1.54, 1.807) is 58.0 Å². The van der Waals surface area contributed by atoms with Gasteiger partial charge in [0.1, 0.15) is 11.9 Å². The van der Waals surface area contributed by atoms with Crippen molar-refractivity contribution in [1.29, 1.82) is 0 Å². The minimum atomic E-state index is -2.16. The first-order valence-electron chi connectivity index (χ1n) is 21.1. The van der Waals surface area contributed by atoms with Crippen molar-refractivity contribution in [1.82, 2.24) is 10.2 Å². The lowest BCUT2D eigenvalue weighted by atomic mass is 9.44. The van der Waals surface area contributed by atoms with Gasteiger partial charge in [-0.05, 0) is 57.4 Å². The molecule has 3 N–H and O–H groups in total. The molecule has 5 aliphatic rings. The zero-order chi connectivity index (χ0) is 45.7. The van der Waals surface area contributed by atoms with Crippen molar-refractivity contribution >= 4 is 35.9 Å². The van der Waals surface area contributed by atoms with Crippen molar-refractivity contribution in [2.75, 3.05) is 20.7 Å². The average molecular weight is 869 g/mol. The van der Waals surface area contributed by atoms with E-state index < -0.39 is 113 Å². The number of fused-ring (bicyclic) bond motifs is 4. The smallest absolute Gasteiger partial charge is 0.486 e. The number of nitrogens with one attached hydrogen (secondary N) is 1. The first-order valence-corrected chi connectivity index (χ1v) is 21.1. The van der Waals surface area contributed by atoms with Crippen LogP contribution < -0.4 is 10.1 Å². The molecule has 340 valence electrons. The molecule has 62 heavy (non-hydrogen) atoms. The number of amides is 2. The molecule has 1 aromatic carbocycles. The molecule has 0 aromatic heterocycles. The Balaban J connectivity index is 1.61. The summed E-state index contributed by atoms with van der Waals surface area (Å²) < 4.78 is 43.9. The summed E-state index contributed by atoms with van der Waals surface area (Å²) in [5.74, 6) is -4.37. The molecule has 3 aliphatic carbocycles. The molecule has 2 saturated heterocycles. The van der Waals surface area contributed by atoms with Crippen LogP contribution in [0.3, 0.4) is 0 Å². The fourth-order valence-corrected chi connectivity index (χ4v) is 10.4. The van der Waals surface area contributed by atoms with Crippen molar-refractivity contribution in [3.05, 3.63) is 53.1 Å². The number of hydrogen-bond donors (Lipinski definition) is 3. The van der Waals surface area contributed by atoms with E-state index >= 15 is 4.79 Å². The Morgan fingerprint density at radius 2 is 1.71 bits per heavy atom. The highest BCUT2D eigenvalue weighted by Gasteiger charge is 2.83. The van der Waals surface area contributed by atoms with Crippen LogP contribution in [0.25, 0.3) is 0 Å². The number of aliphatic hydroxyl groups is 2. The summed E-state index contributed by atoms with van der Waals surface area (Å²) in [7, 11) is 2.83. The first-order chi connectivity index (χ1) is 29.1. The van der Waals surface area contributed by atoms with E-state index in [0.29, 0.717) is 12.0 Å². The lowest BCUT2D eigenvalue weighted by molar-refractivity contribution is -0.343. The van der Waals surface area contributed by atoms with Gasteiger partial charge in [0.05, 0.1) is 30.1 Å². The van der Waals surface area contributed by atoms with Crippen LogP contribution in [0.5, 0.6) is 5.75 Å². The quantitative estimate of drug-likeness (QED) is 0.110. The van der Waals surface area contributed by atoms with Crippen LogP contribution >= 0.6 is 0 Å². The van der Waals surface area contributed by atoms with Gasteiger partial charge in [0.2, 0.25) is 11.5 Å². The fourth-order valence-electron chi connectivity index (χ4n) is 10.4. The number of para-hydroxylation sites is 1. The van der Waals surface area contributed by atoms with Crippen LogP contribution in [0, 0.1) is 16.7 Å². The lowest BCUT2D eigenvalue weighted by Crippen LogP contribution is -2.83. The van der Waals surface area contributed by atoms with E-state index in [4.69, 9.17) is 33.2 Å². The number of Topliss-reactive ketones (excluding diaryl/α,β-unsaturated/α-hetero) is 1. The Morgan fingerprint density at radius 3 is 2.29 bits per heavy atom. The van der Waals surface area contributed by atoms with E-state index in [9.17, 15) is 34.2 Å². The number of esters is 2. The number of unbranched alkanes of at least 4 members (excludes halogenated alkanes) is 2. The predicted molar refractivity (Wildman–Crippen MR) is 218 cm³/mol. The molecule has 1 aromatic rings. The lowest BCUT2D eigenvalue weighted by Gasteiger charge is -2.67. The zero-order valence-electron chi connectivity index (χ0n) is 37.1. The predicted octanol–water partition coefficient (Wildman–Crippen LogP) is 4.11. The van der Waals surface area contributed by atoms with Gasteiger partial charge in [-0.25, -0.2) is 14.4 Å². The third kappa shape index (κ3) is 7.63. The van der Waals surface area contributed by atoms with Gasteiger partial charge in [-0.1, -0.05) is 63.5 Å². The van der Waals surface area contributed by atoms with E-state index in [-0.39, 0.29) is 36.3 Å². The summed E-state index contributed by atoms with van der Waals surface area (Å²) in [5, 5.41) is 26.6. The fraction of sp³-hybridized carbons (Fsp3) is 0.644. The molecule has 2 saturated carbocycles. The van der Waals surface area contributed by atoms with Crippen LogP contribution in [0.15, 0.2) is 53.1 Å². The number of nitrogens with zero attached hydrogens (tertiary/aromatic N) is 1. The van der Waals surface area contributed by atoms with Crippen molar-refractivity contribution in [3.63, 3.8) is 0 Å². The second-order valence-electron chi connectivity index (χ2n) is 18.2. The van der Waals surface area contributed by atoms with Gasteiger partial charge in [0, 0.05) is 39.3 Å². The molecule has 6 rings (SSSR count). The van der Waals surface area contributed by atoms with Crippen LogP contribution in [0.1, 0.15) is 87.5 Å². The van der Waals surface area contributed by atoms with E-state index in [0.717, 1.165) is 17.7 Å². The maximum absolute atomic E-state index is 15.8. The molecule has 1 spiro atoms. The Kier molecular flexibility index (Phi) is 13.0. The molecular weight excluding hydrogens is 808 g/mol. The van der Waals surface area contributed by atoms with E-state index in [2.05, 4.69) is 5.32 Å². The number of ether oxygens (including phenoxy) is 7. The monoisotopic (exact) mass is 868 g/mol. The van der Waals surface area contributed by atoms with Crippen molar-refractivity contribution < 1.29 is 72.1 Å². The minimum Gasteiger partial charge on any atom is -0.486 e. The first kappa shape index (κ1) is 46.5. The molecule has 17 nitrogen and oxygen atoms in total. The van der Waals surface area contributed by atoms with Gasteiger partial charge in [0.25, 0.3) is 0 Å². The summed E-state index contributed by atoms with van der Waals surface area (Å²) >= 11 is 0. The summed E-state index contributed by atoms with van der Waals surface area (Å²) in [6, 6.07) is 7.15. The van der Waals surface area contributed by atoms with E-state index in [1.165, 1.54) is 40.9 Å². The van der Waals surface area contributed by atoms with Crippen LogP contribution in [-0.4, -0.2) is 132 Å². The van der Waals surface area contributed by atoms with E-state index in [1.807, 2.05) is 6.92 Å². The average Bonchev–Trinajstić information content (AvgIpc) is 3.56. The number of ketones is 1. The van der Waals surface area contributed by atoms with Crippen LogP contribution in [0.2, 0.25) is 0 Å². The molecule has 2 bridgehead atoms. The van der Waals surface area contributed by atoms with Crippen molar-refractivity contribution in [3.8, 4) is 5.75 Å². The SMILES string of the molecule is CCCCCC(=O)N[C@@H](C=C(C)C)[C@@H](O)C(=O)O[C@@H]1C(C)=C2[C@@H](OC(=O)N(C)C)C(=O)[C@@]3(C)C([C@H](Oc4ccccc4)[C@@]4(OC(=O)O[C@@H]14)C2(C)C)[C@]1(OC(C)=O)COC1C[C@@H]3O. The Bertz CT molecular complexity index is 2010. The molecule has 2 aliphatic heterocycles. The number of hydrogen-bond acceptors (Lipinski definition) is 15.